The summed E-state index contributed by atoms with van der Waals surface area (Å²) in [7, 11) is 0. The summed E-state index contributed by atoms with van der Waals surface area (Å²) in [4.78, 5) is 14.5. The fourth-order valence-electron chi connectivity index (χ4n) is 1.41. The molecule has 0 saturated carbocycles. The van der Waals surface area contributed by atoms with Gasteiger partial charge < -0.3 is 5.53 Å². The van der Waals surface area contributed by atoms with Gasteiger partial charge in [-0.3, -0.25) is 4.79 Å². The van der Waals surface area contributed by atoms with Crippen molar-refractivity contribution < 1.29 is 9.58 Å². The Morgan fingerprint density at radius 3 is 2.85 bits per heavy atom. The Balaban J connectivity index is 3.14. The quantitative estimate of drug-likeness (QED) is 0.341. The van der Waals surface area contributed by atoms with Crippen LogP contribution in [0.5, 0.6) is 0 Å². The van der Waals surface area contributed by atoms with Crippen molar-refractivity contribution >= 4 is 11.5 Å². The number of nitrogens with zero attached hydrogens (tertiary/aromatic N) is 2. The molecule has 0 aromatic rings. The number of hydrogen-bond donors (Lipinski definition) is 0. The second-order valence-electron chi connectivity index (χ2n) is 3.34. The van der Waals surface area contributed by atoms with E-state index in [9.17, 15) is 4.79 Å². The minimum absolute atomic E-state index is 0.124. The zero-order valence-corrected chi connectivity index (χ0v) is 7.87. The van der Waals surface area contributed by atoms with Gasteiger partial charge in [-0.15, -0.1) is 0 Å². The summed E-state index contributed by atoms with van der Waals surface area (Å²) < 4.78 is 0. The molecular weight excluding hydrogens is 164 g/mol. The van der Waals surface area contributed by atoms with Crippen molar-refractivity contribution in [1.82, 2.24) is 0 Å². The summed E-state index contributed by atoms with van der Waals surface area (Å²) in [6.45, 7) is 7.32. The zero-order valence-electron chi connectivity index (χ0n) is 7.87. The summed E-state index contributed by atoms with van der Waals surface area (Å²) in [5.74, 6) is -0.303. The van der Waals surface area contributed by atoms with Crippen LogP contribution in [0, 0.1) is 5.92 Å². The van der Waals surface area contributed by atoms with Gasteiger partial charge in [0.1, 0.15) is 0 Å². The number of Topliss-reactive ketones (excluding diaryl/α,β-unsaturated/α-hetero) is 1. The molecule has 1 aliphatic rings. The Morgan fingerprint density at radius 2 is 2.38 bits per heavy atom. The maximum atomic E-state index is 11.5. The summed E-state index contributed by atoms with van der Waals surface area (Å²) in [5.41, 5.74) is 10.4. The third-order valence-electron chi connectivity index (χ3n) is 2.28. The van der Waals surface area contributed by atoms with Crippen molar-refractivity contribution in [1.29, 1.82) is 0 Å². The van der Waals surface area contributed by atoms with Crippen molar-refractivity contribution in [3.63, 3.8) is 0 Å². The van der Waals surface area contributed by atoms with Crippen LogP contribution in [0.3, 0.4) is 0 Å². The number of carbonyl (C=O) groups excluding carboxylic acids is 1. The third-order valence-corrected chi connectivity index (χ3v) is 2.28. The van der Waals surface area contributed by atoms with Crippen molar-refractivity contribution in [2.75, 3.05) is 0 Å². The predicted molar refractivity (Wildman–Crippen MR) is 50.3 cm³/mol. The van der Waals surface area contributed by atoms with E-state index in [1.807, 2.05) is 13.0 Å². The van der Waals surface area contributed by atoms with E-state index in [1.54, 1.807) is 6.92 Å². The second-order valence-corrected chi connectivity index (χ2v) is 3.34. The lowest BCUT2D eigenvalue weighted by Crippen LogP contribution is -2.29. The average Bonchev–Trinajstić information content (AvgIpc) is 2.09. The van der Waals surface area contributed by atoms with Crippen LogP contribution in [0.15, 0.2) is 23.8 Å². The van der Waals surface area contributed by atoms with Crippen LogP contribution in [-0.4, -0.2) is 16.3 Å². The smallest absolute Gasteiger partial charge is 0.346 e. The zero-order chi connectivity index (χ0) is 10.0. The van der Waals surface area contributed by atoms with Crippen LogP contribution in [-0.2, 0) is 4.79 Å². The fourth-order valence-corrected chi connectivity index (χ4v) is 1.41. The molecule has 1 atom stereocenters. The van der Waals surface area contributed by atoms with E-state index in [2.05, 4.69) is 11.4 Å². The minimum atomic E-state index is -0.179. The van der Waals surface area contributed by atoms with Gasteiger partial charge in [-0.1, -0.05) is 18.2 Å². The number of hydrogen-bond acceptors (Lipinski definition) is 1. The number of carbonyl (C=O) groups is 1. The van der Waals surface area contributed by atoms with Gasteiger partial charge in [-0.05, 0) is 20.3 Å². The molecule has 0 fully saturated rings. The highest BCUT2D eigenvalue weighted by molar-refractivity contribution is 6.45. The number of allylic oxidation sites excluding steroid dienone is 3. The maximum Gasteiger partial charge on any atom is 0.346 e. The predicted octanol–water partition coefficient (Wildman–Crippen LogP) is 1.77. The van der Waals surface area contributed by atoms with Crippen LogP contribution in [0.1, 0.15) is 20.3 Å². The molecule has 0 aromatic carbocycles. The molecule has 0 spiro atoms. The molecule has 0 heterocycles. The van der Waals surface area contributed by atoms with Crippen molar-refractivity contribution in [3.05, 3.63) is 29.3 Å². The monoisotopic (exact) mass is 176 g/mol. The lowest BCUT2D eigenvalue weighted by Gasteiger charge is -2.14. The van der Waals surface area contributed by atoms with E-state index in [4.69, 9.17) is 5.53 Å². The molecule has 68 valence electrons. The van der Waals surface area contributed by atoms with Gasteiger partial charge in [0.15, 0.2) is 0 Å². The molecule has 0 amide bonds. The average molecular weight is 176 g/mol. The molecular formula is C10H12N2O. The Kier molecular flexibility index (Phi) is 2.59. The minimum Gasteiger partial charge on any atom is -0.361 e. The first kappa shape index (κ1) is 9.62. The SMILES string of the molecule is C=C(C)C1CC=C(C)C(=O)C1=[N+]=[N-]. The first-order chi connectivity index (χ1) is 6.07. The first-order valence-corrected chi connectivity index (χ1v) is 4.16. The standard InChI is InChI=1S/C10H12N2O/c1-6(2)8-5-4-7(3)10(13)9(8)12-11/h4,8H,1,5H2,2-3H3. The van der Waals surface area contributed by atoms with E-state index in [0.29, 0.717) is 12.0 Å². The molecule has 0 bridgehead atoms. The normalized spacial score (nSPS) is 22.3. The molecule has 1 unspecified atom stereocenters. The first-order valence-electron chi connectivity index (χ1n) is 4.16. The molecule has 1 aliphatic carbocycles. The van der Waals surface area contributed by atoms with Crippen LogP contribution >= 0.6 is 0 Å². The number of rotatable bonds is 1. The summed E-state index contributed by atoms with van der Waals surface area (Å²) in [6, 6.07) is 0. The molecule has 3 heteroatoms. The van der Waals surface area contributed by atoms with Crippen LogP contribution in [0.25, 0.3) is 5.53 Å². The molecule has 0 N–H and O–H groups in total. The van der Waals surface area contributed by atoms with Gasteiger partial charge in [0, 0.05) is 5.57 Å². The van der Waals surface area contributed by atoms with E-state index >= 15 is 0 Å². The topological polar surface area (TPSA) is 53.5 Å². The van der Waals surface area contributed by atoms with E-state index in [1.165, 1.54) is 0 Å². The Bertz CT molecular complexity index is 346. The van der Waals surface area contributed by atoms with Gasteiger partial charge in [-0.2, -0.15) is 4.79 Å². The van der Waals surface area contributed by atoms with E-state index in [0.717, 1.165) is 5.57 Å². The van der Waals surface area contributed by atoms with Gasteiger partial charge in [0.2, 0.25) is 0 Å². The van der Waals surface area contributed by atoms with Crippen LogP contribution in [0.4, 0.5) is 0 Å². The fraction of sp³-hybridized carbons (Fsp3) is 0.400. The highest BCUT2D eigenvalue weighted by Crippen LogP contribution is 2.22. The highest BCUT2D eigenvalue weighted by atomic mass is 16.1. The Labute approximate surface area is 77.4 Å². The summed E-state index contributed by atoms with van der Waals surface area (Å²) >= 11 is 0. The Hall–Kier alpha value is -1.47. The largest absolute Gasteiger partial charge is 0.361 e. The lowest BCUT2D eigenvalue weighted by molar-refractivity contribution is -0.115. The third kappa shape index (κ3) is 1.65. The van der Waals surface area contributed by atoms with Gasteiger partial charge >= 0.3 is 5.71 Å². The molecule has 0 aromatic heterocycles. The van der Waals surface area contributed by atoms with Crippen LogP contribution in [0.2, 0.25) is 0 Å². The summed E-state index contributed by atoms with van der Waals surface area (Å²) in [6.07, 6.45) is 2.56. The van der Waals surface area contributed by atoms with Gasteiger partial charge in [-0.25, -0.2) is 0 Å². The van der Waals surface area contributed by atoms with Gasteiger partial charge in [0.05, 0.1) is 5.92 Å². The maximum absolute atomic E-state index is 11.5. The molecule has 3 nitrogen and oxygen atoms in total. The Morgan fingerprint density at radius 1 is 1.77 bits per heavy atom. The second kappa shape index (κ2) is 3.50. The summed E-state index contributed by atoms with van der Waals surface area (Å²) in [5, 5.41) is 0. The lowest BCUT2D eigenvalue weighted by atomic mass is 9.83. The van der Waals surface area contributed by atoms with E-state index in [-0.39, 0.29) is 17.4 Å². The molecule has 13 heavy (non-hydrogen) atoms. The van der Waals surface area contributed by atoms with Crippen molar-refractivity contribution in [3.8, 4) is 0 Å². The molecule has 0 radical (unpaired) electrons. The van der Waals surface area contributed by atoms with Crippen LogP contribution < -0.4 is 0 Å². The molecule has 1 rings (SSSR count). The van der Waals surface area contributed by atoms with Gasteiger partial charge in [0.25, 0.3) is 5.78 Å². The molecule has 0 saturated heterocycles. The van der Waals surface area contributed by atoms with E-state index < -0.39 is 0 Å². The molecule has 0 aliphatic heterocycles. The highest BCUT2D eigenvalue weighted by Gasteiger charge is 2.34. The number of ketones is 1. The van der Waals surface area contributed by atoms with Crippen molar-refractivity contribution in [2.45, 2.75) is 20.3 Å². The van der Waals surface area contributed by atoms with Crippen molar-refractivity contribution in [2.24, 2.45) is 5.92 Å².